The van der Waals surface area contributed by atoms with Crippen molar-refractivity contribution in [3.8, 4) is 5.75 Å². The van der Waals surface area contributed by atoms with Crippen LogP contribution in [0.3, 0.4) is 0 Å². The number of halogens is 2. The third-order valence-corrected chi connectivity index (χ3v) is 4.36. The number of methoxy groups -OCH3 is 1. The molecule has 2 rings (SSSR count). The van der Waals surface area contributed by atoms with Crippen LogP contribution >= 0.6 is 23.2 Å². The first kappa shape index (κ1) is 14.0. The Morgan fingerprint density at radius 3 is 2.11 bits per heavy atom. The van der Waals surface area contributed by atoms with Crippen LogP contribution in [0.15, 0.2) is 24.3 Å². The maximum Gasteiger partial charge on any atom is 0.118 e. The molecule has 1 aliphatic rings. The second-order valence-electron chi connectivity index (χ2n) is 4.71. The largest absolute Gasteiger partial charge is 0.497 e. The Bertz CT molecular complexity index is 357. The Morgan fingerprint density at radius 1 is 1.11 bits per heavy atom. The molecule has 0 saturated carbocycles. The summed E-state index contributed by atoms with van der Waals surface area (Å²) in [5.74, 6) is 2.26. The van der Waals surface area contributed by atoms with Crippen LogP contribution < -0.4 is 4.74 Å². The van der Waals surface area contributed by atoms with Gasteiger partial charge in [0.25, 0.3) is 0 Å². The van der Waals surface area contributed by atoms with Gasteiger partial charge in [0.2, 0.25) is 0 Å². The highest BCUT2D eigenvalue weighted by atomic mass is 35.5. The summed E-state index contributed by atoms with van der Waals surface area (Å²) < 4.78 is 5.17. The van der Waals surface area contributed by atoms with E-state index in [1.54, 1.807) is 7.11 Å². The average molecular weight is 288 g/mol. The van der Waals surface area contributed by atoms with Crippen LogP contribution in [0.5, 0.6) is 5.75 Å². The number of rotatable bonds is 5. The zero-order valence-corrected chi connectivity index (χ0v) is 12.1. The van der Waals surface area contributed by atoms with Gasteiger partial charge in [-0.25, -0.2) is 0 Å². The lowest BCUT2D eigenvalue weighted by molar-refractivity contribution is 0.209. The van der Waals surface area contributed by atoms with Crippen molar-refractivity contribution in [2.24, 2.45) is 0 Å². The summed E-state index contributed by atoms with van der Waals surface area (Å²) in [7, 11) is 1.68. The van der Waals surface area contributed by atoms with Gasteiger partial charge in [-0.05, 0) is 30.5 Å². The van der Waals surface area contributed by atoms with E-state index in [1.807, 2.05) is 12.1 Å². The van der Waals surface area contributed by atoms with Crippen molar-refractivity contribution in [1.29, 1.82) is 0 Å². The number of benzene rings is 1. The molecule has 1 aromatic carbocycles. The number of ether oxygens (including phenoxy) is 1. The molecule has 1 fully saturated rings. The Morgan fingerprint density at radius 2 is 1.67 bits per heavy atom. The first-order valence-corrected chi connectivity index (χ1v) is 7.36. The summed E-state index contributed by atoms with van der Waals surface area (Å²) in [6.45, 7) is 0.915. The summed E-state index contributed by atoms with van der Waals surface area (Å²) >= 11 is 12.1. The normalized spacial score (nSPS) is 24.4. The molecular weight excluding hydrogens is 269 g/mol. The van der Waals surface area contributed by atoms with Crippen molar-refractivity contribution < 1.29 is 4.74 Å². The molecule has 1 heterocycles. The molecule has 0 aliphatic carbocycles. The van der Waals surface area contributed by atoms with Gasteiger partial charge in [0.1, 0.15) is 5.75 Å². The molecular formula is C14H19Cl2NO. The Hall–Kier alpha value is -0.440. The van der Waals surface area contributed by atoms with Gasteiger partial charge in [0, 0.05) is 30.4 Å². The smallest absolute Gasteiger partial charge is 0.118 e. The van der Waals surface area contributed by atoms with Gasteiger partial charge in [-0.2, -0.15) is 0 Å². The molecule has 0 spiro atoms. The molecule has 1 aliphatic heterocycles. The maximum absolute atomic E-state index is 6.03. The Balaban J connectivity index is 2.05. The second-order valence-corrected chi connectivity index (χ2v) is 5.33. The van der Waals surface area contributed by atoms with E-state index in [4.69, 9.17) is 27.9 Å². The van der Waals surface area contributed by atoms with E-state index >= 15 is 0 Å². The van der Waals surface area contributed by atoms with Gasteiger partial charge in [0.05, 0.1) is 7.11 Å². The van der Waals surface area contributed by atoms with Crippen molar-refractivity contribution in [3.63, 3.8) is 0 Å². The minimum atomic E-state index is 0.456. The first-order chi connectivity index (χ1) is 8.78. The van der Waals surface area contributed by atoms with E-state index in [2.05, 4.69) is 17.0 Å². The molecule has 18 heavy (non-hydrogen) atoms. The summed E-state index contributed by atoms with van der Waals surface area (Å²) in [6, 6.07) is 9.12. The van der Waals surface area contributed by atoms with E-state index in [1.165, 1.54) is 5.56 Å². The molecule has 4 heteroatoms. The highest BCUT2D eigenvalue weighted by Crippen LogP contribution is 2.28. The van der Waals surface area contributed by atoms with Crippen LogP contribution in [0, 0.1) is 0 Å². The standard InChI is InChI=1S/C14H19Cl2NO/c1-18-14-6-2-11(3-7-14)10-17-12(8-15)4-5-13(17)9-16/h2-3,6-7,12-13H,4-5,8-10H2,1H3. The van der Waals surface area contributed by atoms with Gasteiger partial charge < -0.3 is 4.74 Å². The zero-order chi connectivity index (χ0) is 13.0. The fourth-order valence-corrected chi connectivity index (χ4v) is 3.21. The highest BCUT2D eigenvalue weighted by molar-refractivity contribution is 6.18. The number of hydrogen-bond acceptors (Lipinski definition) is 2. The van der Waals surface area contributed by atoms with Crippen LogP contribution in [0.2, 0.25) is 0 Å². The van der Waals surface area contributed by atoms with E-state index in [9.17, 15) is 0 Å². The quantitative estimate of drug-likeness (QED) is 0.769. The van der Waals surface area contributed by atoms with Gasteiger partial charge in [-0.1, -0.05) is 12.1 Å². The predicted molar refractivity (Wildman–Crippen MR) is 76.8 cm³/mol. The van der Waals surface area contributed by atoms with Gasteiger partial charge in [-0.3, -0.25) is 4.90 Å². The van der Waals surface area contributed by atoms with Gasteiger partial charge in [0.15, 0.2) is 0 Å². The molecule has 0 bridgehead atoms. The molecule has 0 amide bonds. The molecule has 0 N–H and O–H groups in total. The number of nitrogens with zero attached hydrogens (tertiary/aromatic N) is 1. The van der Waals surface area contributed by atoms with E-state index in [-0.39, 0.29) is 0 Å². The van der Waals surface area contributed by atoms with Crippen molar-refractivity contribution in [1.82, 2.24) is 4.90 Å². The Kier molecular flexibility index (Phi) is 5.16. The molecule has 1 aromatic rings. The molecule has 100 valence electrons. The van der Waals surface area contributed by atoms with Crippen LogP contribution in [0.4, 0.5) is 0 Å². The first-order valence-electron chi connectivity index (χ1n) is 6.29. The lowest BCUT2D eigenvalue weighted by Gasteiger charge is -2.28. The molecule has 0 aromatic heterocycles. The highest BCUT2D eigenvalue weighted by Gasteiger charge is 2.31. The topological polar surface area (TPSA) is 12.5 Å². The summed E-state index contributed by atoms with van der Waals surface area (Å²) in [6.07, 6.45) is 2.30. The number of likely N-dealkylation sites (tertiary alicyclic amines) is 1. The maximum atomic E-state index is 6.03. The third-order valence-electron chi connectivity index (χ3n) is 3.65. The van der Waals surface area contributed by atoms with Gasteiger partial charge in [-0.15, -0.1) is 23.2 Å². The number of hydrogen-bond donors (Lipinski definition) is 0. The summed E-state index contributed by atoms with van der Waals surface area (Å²) in [5.41, 5.74) is 1.28. The molecule has 0 radical (unpaired) electrons. The summed E-state index contributed by atoms with van der Waals surface area (Å²) in [5, 5.41) is 0. The number of alkyl halides is 2. The van der Waals surface area contributed by atoms with E-state index in [0.29, 0.717) is 23.8 Å². The average Bonchev–Trinajstić information content (AvgIpc) is 2.81. The van der Waals surface area contributed by atoms with Crippen LogP contribution in [-0.2, 0) is 6.54 Å². The van der Waals surface area contributed by atoms with Crippen molar-refractivity contribution >= 4 is 23.2 Å². The van der Waals surface area contributed by atoms with Crippen LogP contribution in [0.25, 0.3) is 0 Å². The lowest BCUT2D eigenvalue weighted by atomic mass is 10.2. The summed E-state index contributed by atoms with van der Waals surface area (Å²) in [4.78, 5) is 2.43. The van der Waals surface area contributed by atoms with E-state index in [0.717, 1.165) is 25.1 Å². The molecule has 2 nitrogen and oxygen atoms in total. The van der Waals surface area contributed by atoms with Crippen molar-refractivity contribution in [3.05, 3.63) is 29.8 Å². The lowest BCUT2D eigenvalue weighted by Crippen LogP contribution is -2.37. The monoisotopic (exact) mass is 287 g/mol. The van der Waals surface area contributed by atoms with Crippen molar-refractivity contribution in [2.45, 2.75) is 31.5 Å². The Labute approximate surface area is 119 Å². The van der Waals surface area contributed by atoms with E-state index < -0.39 is 0 Å². The van der Waals surface area contributed by atoms with Gasteiger partial charge >= 0.3 is 0 Å². The molecule has 2 atom stereocenters. The van der Waals surface area contributed by atoms with Crippen LogP contribution in [-0.4, -0.2) is 35.9 Å². The fourth-order valence-electron chi connectivity index (χ4n) is 2.55. The van der Waals surface area contributed by atoms with Crippen LogP contribution in [0.1, 0.15) is 18.4 Å². The third kappa shape index (κ3) is 3.11. The van der Waals surface area contributed by atoms with Crippen molar-refractivity contribution in [2.75, 3.05) is 18.9 Å². The second kappa shape index (κ2) is 6.65. The zero-order valence-electron chi connectivity index (χ0n) is 10.6. The SMILES string of the molecule is COc1ccc(CN2C(CCl)CCC2CCl)cc1. The fraction of sp³-hybridized carbons (Fsp3) is 0.571. The predicted octanol–water partition coefficient (Wildman–Crippen LogP) is 3.51. The minimum Gasteiger partial charge on any atom is -0.497 e. The minimum absolute atomic E-state index is 0.456. The molecule has 2 unspecified atom stereocenters. The molecule has 1 saturated heterocycles.